The van der Waals surface area contributed by atoms with E-state index >= 15 is 0 Å². The van der Waals surface area contributed by atoms with Crippen LogP contribution in [0.25, 0.3) is 0 Å². The quantitative estimate of drug-likeness (QED) is 0.818. The maximum absolute atomic E-state index is 10.7. The highest BCUT2D eigenvalue weighted by molar-refractivity contribution is 5.75. The van der Waals surface area contributed by atoms with E-state index in [0.717, 1.165) is 24.5 Å². The Morgan fingerprint density at radius 3 is 2.95 bits per heavy atom. The molecule has 1 aliphatic rings. The number of piperidine rings is 1. The SMILES string of the molecule is CCN1CCCC(c2ccc(NC=O)c(OC(C)C)c2)C1. The highest BCUT2D eigenvalue weighted by Crippen LogP contribution is 2.33. The molecule has 0 radical (unpaired) electrons. The van der Waals surface area contributed by atoms with Crippen LogP contribution in [0.15, 0.2) is 18.2 Å². The Hall–Kier alpha value is -1.55. The molecule has 0 spiro atoms. The maximum atomic E-state index is 10.7. The van der Waals surface area contributed by atoms with Gasteiger partial charge in [0.2, 0.25) is 6.41 Å². The Morgan fingerprint density at radius 1 is 1.48 bits per heavy atom. The van der Waals surface area contributed by atoms with Gasteiger partial charge in [0.25, 0.3) is 0 Å². The number of likely N-dealkylation sites (tertiary alicyclic amines) is 1. The second kappa shape index (κ2) is 7.46. The van der Waals surface area contributed by atoms with Crippen LogP contribution in [0, 0.1) is 0 Å². The molecule has 0 aliphatic carbocycles. The first-order valence-electron chi connectivity index (χ1n) is 7.87. The van der Waals surface area contributed by atoms with E-state index in [4.69, 9.17) is 4.74 Å². The third kappa shape index (κ3) is 4.21. The first-order chi connectivity index (χ1) is 10.1. The van der Waals surface area contributed by atoms with E-state index in [2.05, 4.69) is 29.3 Å². The molecular formula is C17H26N2O2. The summed E-state index contributed by atoms with van der Waals surface area (Å²) in [6, 6.07) is 6.16. The molecule has 0 aromatic heterocycles. The van der Waals surface area contributed by atoms with E-state index in [1.807, 2.05) is 19.9 Å². The van der Waals surface area contributed by atoms with Gasteiger partial charge in [-0.05, 0) is 63.4 Å². The molecule has 1 N–H and O–H groups in total. The van der Waals surface area contributed by atoms with Crippen molar-refractivity contribution in [2.24, 2.45) is 0 Å². The number of carbonyl (C=O) groups is 1. The van der Waals surface area contributed by atoms with Crippen molar-refractivity contribution in [1.82, 2.24) is 4.90 Å². The highest BCUT2D eigenvalue weighted by atomic mass is 16.5. The van der Waals surface area contributed by atoms with Crippen molar-refractivity contribution in [2.45, 2.75) is 45.6 Å². The fraction of sp³-hybridized carbons (Fsp3) is 0.588. The summed E-state index contributed by atoms with van der Waals surface area (Å²) in [6.45, 7) is 9.63. The van der Waals surface area contributed by atoms with Gasteiger partial charge in [0.05, 0.1) is 11.8 Å². The van der Waals surface area contributed by atoms with E-state index in [0.29, 0.717) is 12.3 Å². The van der Waals surface area contributed by atoms with Gasteiger partial charge in [0, 0.05) is 6.54 Å². The molecule has 1 fully saturated rings. The summed E-state index contributed by atoms with van der Waals surface area (Å²) in [4.78, 5) is 13.2. The largest absolute Gasteiger partial charge is 0.489 e. The Kier molecular flexibility index (Phi) is 5.62. The van der Waals surface area contributed by atoms with Crippen molar-refractivity contribution >= 4 is 12.1 Å². The maximum Gasteiger partial charge on any atom is 0.211 e. The van der Waals surface area contributed by atoms with Crippen LogP contribution in [0.1, 0.15) is 45.1 Å². The molecule has 21 heavy (non-hydrogen) atoms. The van der Waals surface area contributed by atoms with E-state index < -0.39 is 0 Å². The lowest BCUT2D eigenvalue weighted by Crippen LogP contribution is -2.34. The number of likely N-dealkylation sites (N-methyl/N-ethyl adjacent to an activating group) is 1. The van der Waals surface area contributed by atoms with Crippen LogP contribution < -0.4 is 10.1 Å². The van der Waals surface area contributed by atoms with Gasteiger partial charge < -0.3 is 15.0 Å². The van der Waals surface area contributed by atoms with Crippen molar-refractivity contribution in [3.8, 4) is 5.75 Å². The first-order valence-corrected chi connectivity index (χ1v) is 7.87. The number of rotatable bonds is 6. The average molecular weight is 290 g/mol. The Labute approximate surface area is 127 Å². The summed E-state index contributed by atoms with van der Waals surface area (Å²) < 4.78 is 5.85. The van der Waals surface area contributed by atoms with Crippen LogP contribution in [0.2, 0.25) is 0 Å². The predicted octanol–water partition coefficient (Wildman–Crippen LogP) is 3.24. The molecule has 1 heterocycles. The topological polar surface area (TPSA) is 41.6 Å². The fourth-order valence-electron chi connectivity index (χ4n) is 2.94. The Bertz CT molecular complexity index is 474. The lowest BCUT2D eigenvalue weighted by Gasteiger charge is -2.32. The number of anilines is 1. The van der Waals surface area contributed by atoms with Crippen LogP contribution in [-0.4, -0.2) is 37.0 Å². The smallest absolute Gasteiger partial charge is 0.211 e. The van der Waals surface area contributed by atoms with Crippen LogP contribution in [0.4, 0.5) is 5.69 Å². The van der Waals surface area contributed by atoms with Crippen LogP contribution in [0.3, 0.4) is 0 Å². The summed E-state index contributed by atoms with van der Waals surface area (Å²) in [5.74, 6) is 1.32. The minimum absolute atomic E-state index is 0.0888. The molecular weight excluding hydrogens is 264 g/mol. The Balaban J connectivity index is 2.21. The van der Waals surface area contributed by atoms with Gasteiger partial charge in [-0.3, -0.25) is 4.79 Å². The molecule has 1 unspecified atom stereocenters. The molecule has 116 valence electrons. The molecule has 1 amide bonds. The third-order valence-corrected chi connectivity index (χ3v) is 4.01. The lowest BCUT2D eigenvalue weighted by molar-refractivity contribution is -0.105. The highest BCUT2D eigenvalue weighted by Gasteiger charge is 2.21. The van der Waals surface area contributed by atoms with Gasteiger partial charge in [-0.15, -0.1) is 0 Å². The zero-order valence-electron chi connectivity index (χ0n) is 13.3. The molecule has 1 aliphatic heterocycles. The van der Waals surface area contributed by atoms with Gasteiger partial charge >= 0.3 is 0 Å². The number of nitrogens with one attached hydrogen (secondary N) is 1. The summed E-state index contributed by atoms with van der Waals surface area (Å²) >= 11 is 0. The summed E-state index contributed by atoms with van der Waals surface area (Å²) in [6.07, 6.45) is 3.25. The van der Waals surface area contributed by atoms with Gasteiger partial charge in [0.1, 0.15) is 5.75 Å². The van der Waals surface area contributed by atoms with Gasteiger partial charge in [-0.2, -0.15) is 0 Å². The van der Waals surface area contributed by atoms with Crippen molar-refractivity contribution < 1.29 is 9.53 Å². The molecule has 1 saturated heterocycles. The average Bonchev–Trinajstić information content (AvgIpc) is 2.49. The van der Waals surface area contributed by atoms with Gasteiger partial charge in [-0.25, -0.2) is 0 Å². The number of benzene rings is 1. The molecule has 2 rings (SSSR count). The zero-order chi connectivity index (χ0) is 15.2. The fourth-order valence-corrected chi connectivity index (χ4v) is 2.94. The summed E-state index contributed by atoms with van der Waals surface area (Å²) in [5.41, 5.74) is 2.05. The van der Waals surface area contributed by atoms with Crippen LogP contribution in [-0.2, 0) is 4.79 Å². The normalized spacial score (nSPS) is 19.5. The van der Waals surface area contributed by atoms with Crippen molar-refractivity contribution in [3.63, 3.8) is 0 Å². The number of nitrogens with zero attached hydrogens (tertiary/aromatic N) is 1. The number of hydrogen-bond acceptors (Lipinski definition) is 3. The molecule has 0 saturated carbocycles. The minimum Gasteiger partial charge on any atom is -0.489 e. The standard InChI is InChI=1S/C17H26N2O2/c1-4-19-9-5-6-15(11-19)14-7-8-16(18-12-20)17(10-14)21-13(2)3/h7-8,10,12-13,15H,4-6,9,11H2,1-3H3,(H,18,20). The van der Waals surface area contributed by atoms with Crippen molar-refractivity contribution in [1.29, 1.82) is 0 Å². The third-order valence-electron chi connectivity index (χ3n) is 4.01. The molecule has 1 aromatic rings. The number of hydrogen-bond donors (Lipinski definition) is 1. The van der Waals surface area contributed by atoms with E-state index in [-0.39, 0.29) is 6.10 Å². The summed E-state index contributed by atoms with van der Waals surface area (Å²) in [7, 11) is 0. The summed E-state index contributed by atoms with van der Waals surface area (Å²) in [5, 5.41) is 2.72. The molecule has 4 heteroatoms. The van der Waals surface area contributed by atoms with Crippen molar-refractivity contribution in [2.75, 3.05) is 25.0 Å². The Morgan fingerprint density at radius 2 is 2.29 bits per heavy atom. The van der Waals surface area contributed by atoms with E-state index in [1.54, 1.807) is 0 Å². The first kappa shape index (κ1) is 15.8. The van der Waals surface area contributed by atoms with Gasteiger partial charge in [0.15, 0.2) is 0 Å². The predicted molar refractivity (Wildman–Crippen MR) is 86.0 cm³/mol. The minimum atomic E-state index is 0.0888. The second-order valence-corrected chi connectivity index (χ2v) is 5.92. The van der Waals surface area contributed by atoms with E-state index in [9.17, 15) is 4.79 Å². The molecule has 1 atom stereocenters. The lowest BCUT2D eigenvalue weighted by atomic mass is 9.90. The number of carbonyl (C=O) groups excluding carboxylic acids is 1. The molecule has 4 nitrogen and oxygen atoms in total. The van der Waals surface area contributed by atoms with Gasteiger partial charge in [-0.1, -0.05) is 13.0 Å². The van der Waals surface area contributed by atoms with Crippen LogP contribution >= 0.6 is 0 Å². The molecule has 1 aromatic carbocycles. The molecule has 0 bridgehead atoms. The van der Waals surface area contributed by atoms with E-state index in [1.165, 1.54) is 24.9 Å². The van der Waals surface area contributed by atoms with Crippen LogP contribution in [0.5, 0.6) is 5.75 Å². The second-order valence-electron chi connectivity index (χ2n) is 5.92. The zero-order valence-corrected chi connectivity index (χ0v) is 13.3. The number of ether oxygens (including phenoxy) is 1. The van der Waals surface area contributed by atoms with Crippen molar-refractivity contribution in [3.05, 3.63) is 23.8 Å². The monoisotopic (exact) mass is 290 g/mol. The number of amides is 1.